The molecular weight excluding hydrogens is 400 g/mol. The van der Waals surface area contributed by atoms with Crippen LogP contribution in [0.15, 0.2) is 63.4 Å². The first-order chi connectivity index (χ1) is 13.4. The maximum atomic E-state index is 13.2. The topological polar surface area (TPSA) is 88.9 Å². The molecule has 148 valence electrons. The number of hydrogen-bond acceptors (Lipinski definition) is 6. The second kappa shape index (κ2) is 8.59. The zero-order chi connectivity index (χ0) is 20.1. The molecule has 3 rings (SSSR count). The molecule has 0 spiro atoms. The highest BCUT2D eigenvalue weighted by Crippen LogP contribution is 2.26. The molecule has 1 aromatic carbocycles. The number of nitrogens with zero attached hydrogens (tertiary/aromatic N) is 1. The summed E-state index contributed by atoms with van der Waals surface area (Å²) >= 11 is 1.54. The van der Waals surface area contributed by atoms with Crippen LogP contribution in [-0.2, 0) is 23.1 Å². The van der Waals surface area contributed by atoms with Crippen molar-refractivity contribution in [1.82, 2.24) is 9.62 Å². The van der Waals surface area contributed by atoms with Gasteiger partial charge in [-0.15, -0.1) is 11.3 Å². The number of rotatable bonds is 8. The SMILES string of the molecule is CNS(=O)(=O)c1cc(C(=O)N(Cc2ccco2)Cc2cccs2)ccc1OC. The van der Waals surface area contributed by atoms with E-state index in [4.69, 9.17) is 9.15 Å². The van der Waals surface area contributed by atoms with Gasteiger partial charge in [0.05, 0.1) is 26.5 Å². The van der Waals surface area contributed by atoms with E-state index in [1.165, 1.54) is 26.3 Å². The van der Waals surface area contributed by atoms with E-state index in [0.29, 0.717) is 12.3 Å². The van der Waals surface area contributed by atoms with Crippen molar-refractivity contribution < 1.29 is 22.4 Å². The van der Waals surface area contributed by atoms with Crippen molar-refractivity contribution in [3.05, 3.63) is 70.3 Å². The van der Waals surface area contributed by atoms with Gasteiger partial charge in [-0.25, -0.2) is 13.1 Å². The van der Waals surface area contributed by atoms with Gasteiger partial charge in [0.2, 0.25) is 10.0 Å². The Labute approximate surface area is 167 Å². The van der Waals surface area contributed by atoms with Gasteiger partial charge in [0, 0.05) is 10.4 Å². The molecule has 1 N–H and O–H groups in total. The van der Waals surface area contributed by atoms with E-state index < -0.39 is 10.0 Å². The third kappa shape index (κ3) is 4.44. The van der Waals surface area contributed by atoms with Crippen molar-refractivity contribution in [3.8, 4) is 5.75 Å². The third-order valence-electron chi connectivity index (χ3n) is 4.11. The summed E-state index contributed by atoms with van der Waals surface area (Å²) in [6.45, 7) is 0.654. The average Bonchev–Trinajstić information content (AvgIpc) is 3.40. The second-order valence-electron chi connectivity index (χ2n) is 5.89. The molecule has 0 unspecified atom stereocenters. The zero-order valence-corrected chi connectivity index (χ0v) is 17.0. The van der Waals surface area contributed by atoms with E-state index in [-0.39, 0.29) is 28.7 Å². The first kappa shape index (κ1) is 20.1. The van der Waals surface area contributed by atoms with Crippen LogP contribution in [0.5, 0.6) is 5.75 Å². The fraction of sp³-hybridized carbons (Fsp3) is 0.211. The van der Waals surface area contributed by atoms with Gasteiger partial charge in [0.1, 0.15) is 16.4 Å². The molecule has 0 saturated carbocycles. The van der Waals surface area contributed by atoms with Gasteiger partial charge in [0.15, 0.2) is 0 Å². The molecule has 0 aliphatic carbocycles. The Morgan fingerprint density at radius 3 is 2.64 bits per heavy atom. The maximum absolute atomic E-state index is 13.2. The smallest absolute Gasteiger partial charge is 0.254 e. The van der Waals surface area contributed by atoms with E-state index in [1.807, 2.05) is 17.5 Å². The van der Waals surface area contributed by atoms with Gasteiger partial charge in [-0.2, -0.15) is 0 Å². The number of nitrogens with one attached hydrogen (secondary N) is 1. The molecule has 7 nitrogen and oxygen atoms in total. The lowest BCUT2D eigenvalue weighted by atomic mass is 10.1. The molecular formula is C19H20N2O5S2. The Kier molecular flexibility index (Phi) is 6.18. The van der Waals surface area contributed by atoms with Crippen LogP contribution in [-0.4, -0.2) is 33.4 Å². The molecule has 0 fully saturated rings. The number of sulfonamides is 1. The Morgan fingerprint density at radius 1 is 1.21 bits per heavy atom. The van der Waals surface area contributed by atoms with Crippen molar-refractivity contribution >= 4 is 27.3 Å². The van der Waals surface area contributed by atoms with Gasteiger partial charge in [-0.05, 0) is 48.8 Å². The number of ether oxygens (including phenoxy) is 1. The van der Waals surface area contributed by atoms with Crippen LogP contribution >= 0.6 is 11.3 Å². The Bertz CT molecular complexity index is 992. The number of hydrogen-bond donors (Lipinski definition) is 1. The third-order valence-corrected chi connectivity index (χ3v) is 6.41. The van der Waals surface area contributed by atoms with Crippen molar-refractivity contribution in [2.45, 2.75) is 18.0 Å². The molecule has 0 bridgehead atoms. The highest BCUT2D eigenvalue weighted by atomic mass is 32.2. The summed E-state index contributed by atoms with van der Waals surface area (Å²) in [5.74, 6) is 0.503. The lowest BCUT2D eigenvalue weighted by Gasteiger charge is -2.22. The molecule has 28 heavy (non-hydrogen) atoms. The lowest BCUT2D eigenvalue weighted by Crippen LogP contribution is -2.30. The minimum Gasteiger partial charge on any atom is -0.495 e. The number of methoxy groups -OCH3 is 1. The average molecular weight is 421 g/mol. The fourth-order valence-corrected chi connectivity index (χ4v) is 4.33. The van der Waals surface area contributed by atoms with Gasteiger partial charge >= 0.3 is 0 Å². The number of benzene rings is 1. The zero-order valence-electron chi connectivity index (χ0n) is 15.4. The summed E-state index contributed by atoms with van der Waals surface area (Å²) in [4.78, 5) is 15.7. The molecule has 0 atom stereocenters. The summed E-state index contributed by atoms with van der Waals surface area (Å²) < 4.78 is 37.4. The first-order valence-electron chi connectivity index (χ1n) is 8.40. The van der Waals surface area contributed by atoms with Crippen LogP contribution in [0.25, 0.3) is 0 Å². The van der Waals surface area contributed by atoms with Crippen molar-refractivity contribution in [2.75, 3.05) is 14.2 Å². The van der Waals surface area contributed by atoms with Crippen molar-refractivity contribution in [2.24, 2.45) is 0 Å². The van der Waals surface area contributed by atoms with Crippen molar-refractivity contribution in [3.63, 3.8) is 0 Å². The largest absolute Gasteiger partial charge is 0.495 e. The quantitative estimate of drug-likeness (QED) is 0.605. The molecule has 2 aromatic heterocycles. The molecule has 0 saturated heterocycles. The normalized spacial score (nSPS) is 11.4. The van der Waals surface area contributed by atoms with Crippen LogP contribution in [0.4, 0.5) is 0 Å². The number of carbonyl (C=O) groups is 1. The summed E-state index contributed by atoms with van der Waals surface area (Å²) in [6, 6.07) is 11.8. The molecule has 3 aromatic rings. The molecule has 0 radical (unpaired) electrons. The van der Waals surface area contributed by atoms with Crippen LogP contribution in [0.3, 0.4) is 0 Å². The van der Waals surface area contributed by atoms with Crippen LogP contribution in [0, 0.1) is 0 Å². The monoisotopic (exact) mass is 420 g/mol. The number of thiophene rings is 1. The van der Waals surface area contributed by atoms with E-state index in [2.05, 4.69) is 4.72 Å². The number of amides is 1. The number of carbonyl (C=O) groups excluding carboxylic acids is 1. The molecule has 0 aliphatic heterocycles. The van der Waals surface area contributed by atoms with E-state index >= 15 is 0 Å². The predicted octanol–water partition coefficient (Wildman–Crippen LogP) is 3.10. The fourth-order valence-electron chi connectivity index (χ4n) is 2.69. The van der Waals surface area contributed by atoms with Crippen LogP contribution in [0.1, 0.15) is 21.0 Å². The molecule has 9 heteroatoms. The highest BCUT2D eigenvalue weighted by molar-refractivity contribution is 7.89. The number of furan rings is 1. The second-order valence-corrected chi connectivity index (χ2v) is 8.78. The highest BCUT2D eigenvalue weighted by Gasteiger charge is 2.23. The minimum atomic E-state index is -3.78. The minimum absolute atomic E-state index is 0.0857. The van der Waals surface area contributed by atoms with Crippen LogP contribution in [0.2, 0.25) is 0 Å². The van der Waals surface area contributed by atoms with Crippen molar-refractivity contribution in [1.29, 1.82) is 0 Å². The summed E-state index contributed by atoms with van der Waals surface area (Å²) in [5.41, 5.74) is 0.248. The van der Waals surface area contributed by atoms with Gasteiger partial charge in [-0.3, -0.25) is 4.79 Å². The summed E-state index contributed by atoms with van der Waals surface area (Å²) in [5, 5.41) is 1.94. The Balaban J connectivity index is 1.96. The van der Waals surface area contributed by atoms with E-state index in [1.54, 1.807) is 40.7 Å². The molecule has 2 heterocycles. The first-order valence-corrected chi connectivity index (χ1v) is 10.8. The predicted molar refractivity (Wildman–Crippen MR) is 106 cm³/mol. The van der Waals surface area contributed by atoms with Gasteiger partial charge in [0.25, 0.3) is 5.91 Å². The Hall–Kier alpha value is -2.62. The van der Waals surface area contributed by atoms with Gasteiger partial charge < -0.3 is 14.1 Å². The Morgan fingerprint density at radius 2 is 2.04 bits per heavy atom. The summed E-state index contributed by atoms with van der Waals surface area (Å²) in [6.07, 6.45) is 1.55. The standard InChI is InChI=1S/C19H20N2O5S2/c1-20-28(23,24)18-11-14(7-8-17(18)25-2)19(22)21(12-15-5-3-9-26-15)13-16-6-4-10-27-16/h3-11,20H,12-13H2,1-2H3. The molecule has 1 amide bonds. The lowest BCUT2D eigenvalue weighted by molar-refractivity contribution is 0.0719. The van der Waals surface area contributed by atoms with E-state index in [9.17, 15) is 13.2 Å². The van der Waals surface area contributed by atoms with Crippen LogP contribution < -0.4 is 9.46 Å². The van der Waals surface area contributed by atoms with E-state index in [0.717, 1.165) is 4.88 Å². The summed E-state index contributed by atoms with van der Waals surface area (Å²) in [7, 11) is -1.10. The maximum Gasteiger partial charge on any atom is 0.254 e. The molecule has 0 aliphatic rings. The van der Waals surface area contributed by atoms with Gasteiger partial charge in [-0.1, -0.05) is 6.07 Å².